The molecular formula is C36H36FN5O5. The Morgan fingerprint density at radius 3 is 2.55 bits per heavy atom. The van der Waals surface area contributed by atoms with Gasteiger partial charge < -0.3 is 20.3 Å². The highest BCUT2D eigenvalue weighted by Crippen LogP contribution is 2.47. The molecule has 6 rings (SSSR count). The highest BCUT2D eigenvalue weighted by atomic mass is 19.1. The summed E-state index contributed by atoms with van der Waals surface area (Å²) in [5.41, 5.74) is 1.28. The second-order valence-electron chi connectivity index (χ2n) is 13.6. The van der Waals surface area contributed by atoms with E-state index in [2.05, 4.69) is 16.7 Å². The highest BCUT2D eigenvalue weighted by Gasteiger charge is 2.57. The Kier molecular flexibility index (Phi) is 8.22. The van der Waals surface area contributed by atoms with Crippen molar-refractivity contribution >= 4 is 35.2 Å². The van der Waals surface area contributed by atoms with E-state index in [1.165, 1.54) is 28.0 Å². The number of nitriles is 1. The van der Waals surface area contributed by atoms with Gasteiger partial charge in [-0.25, -0.2) is 9.18 Å². The maximum absolute atomic E-state index is 14.8. The van der Waals surface area contributed by atoms with Crippen molar-refractivity contribution < 1.29 is 28.3 Å². The van der Waals surface area contributed by atoms with Gasteiger partial charge in [0, 0.05) is 25.1 Å². The van der Waals surface area contributed by atoms with Crippen molar-refractivity contribution in [3.05, 3.63) is 95.3 Å². The number of para-hydroxylation sites is 1. The number of benzene rings is 3. The third kappa shape index (κ3) is 6.03. The Morgan fingerprint density at radius 2 is 1.83 bits per heavy atom. The average Bonchev–Trinajstić information content (AvgIpc) is 3.57. The van der Waals surface area contributed by atoms with Crippen LogP contribution >= 0.6 is 0 Å². The van der Waals surface area contributed by atoms with Crippen LogP contribution in [0.15, 0.2) is 72.8 Å². The molecule has 242 valence electrons. The molecule has 1 saturated heterocycles. The molecule has 11 heteroatoms. The molecule has 4 amide bonds. The van der Waals surface area contributed by atoms with Crippen molar-refractivity contribution in [1.82, 2.24) is 10.2 Å². The third-order valence-electron chi connectivity index (χ3n) is 9.09. The fourth-order valence-electron chi connectivity index (χ4n) is 6.92. The summed E-state index contributed by atoms with van der Waals surface area (Å²) in [6.07, 6.45) is -0.500. The van der Waals surface area contributed by atoms with Gasteiger partial charge in [0.05, 0.1) is 17.2 Å². The molecule has 0 unspecified atom stereocenters. The van der Waals surface area contributed by atoms with Gasteiger partial charge in [0.15, 0.2) is 0 Å². The van der Waals surface area contributed by atoms with Crippen LogP contribution in [0.1, 0.15) is 50.3 Å². The van der Waals surface area contributed by atoms with Gasteiger partial charge in [-0.1, -0.05) is 75.4 Å². The van der Waals surface area contributed by atoms with E-state index < -0.39 is 52.7 Å². The van der Waals surface area contributed by atoms with Crippen LogP contribution in [-0.4, -0.2) is 53.4 Å². The zero-order valence-electron chi connectivity index (χ0n) is 26.5. The van der Waals surface area contributed by atoms with Crippen molar-refractivity contribution in [2.45, 2.75) is 70.2 Å². The molecular weight excluding hydrogens is 601 g/mol. The number of carbonyl (C=O) groups excluding carboxylic acids is 4. The van der Waals surface area contributed by atoms with Crippen molar-refractivity contribution in [2.24, 2.45) is 5.41 Å². The molecule has 3 aromatic carbocycles. The van der Waals surface area contributed by atoms with Crippen LogP contribution in [0.3, 0.4) is 0 Å². The standard InChI is InChI=1S/C36H36FN5O5/c1-35(2,3)18-30(32(44)41-21-36(17-25(41)19-38)26-11-7-8-12-27(26)39-33(36)45)42-29-16-24(37)14-13-23(29)15-28(31(42)43)40-34(46)47-20-22-9-5-4-6-10-22/h4-14,16,25,28,30H,15,17-18,20-21H2,1-3H3,(H,39,45)(H,40,46)/t25-,28-,30-,36-/m0/s1. The summed E-state index contributed by atoms with van der Waals surface area (Å²) in [5.74, 6) is -2.02. The van der Waals surface area contributed by atoms with Crippen molar-refractivity contribution in [2.75, 3.05) is 16.8 Å². The molecule has 0 aliphatic carbocycles. The number of nitrogens with zero attached hydrogens (tertiary/aromatic N) is 3. The van der Waals surface area contributed by atoms with Gasteiger partial charge in [-0.2, -0.15) is 5.26 Å². The molecule has 3 aromatic rings. The maximum Gasteiger partial charge on any atom is 0.408 e. The van der Waals surface area contributed by atoms with E-state index in [0.29, 0.717) is 16.8 Å². The molecule has 4 atom stereocenters. The van der Waals surface area contributed by atoms with Gasteiger partial charge in [-0.05, 0) is 46.7 Å². The zero-order valence-corrected chi connectivity index (χ0v) is 26.5. The van der Waals surface area contributed by atoms with Crippen molar-refractivity contribution in [1.29, 1.82) is 5.26 Å². The number of halogens is 1. The van der Waals surface area contributed by atoms with Gasteiger partial charge in [0.2, 0.25) is 11.8 Å². The predicted octanol–water partition coefficient (Wildman–Crippen LogP) is 4.83. The van der Waals surface area contributed by atoms with Gasteiger partial charge in [0.1, 0.15) is 30.5 Å². The highest BCUT2D eigenvalue weighted by molar-refractivity contribution is 6.09. The first kappa shape index (κ1) is 31.7. The minimum Gasteiger partial charge on any atom is -0.445 e. The lowest BCUT2D eigenvalue weighted by Gasteiger charge is -2.42. The summed E-state index contributed by atoms with van der Waals surface area (Å²) in [6, 6.07) is 19.3. The minimum absolute atomic E-state index is 0.00675. The lowest BCUT2D eigenvalue weighted by Crippen LogP contribution is -2.61. The van der Waals surface area contributed by atoms with Crippen LogP contribution < -0.4 is 15.5 Å². The summed E-state index contributed by atoms with van der Waals surface area (Å²) in [7, 11) is 0. The Morgan fingerprint density at radius 1 is 1.11 bits per heavy atom. The van der Waals surface area contributed by atoms with E-state index in [4.69, 9.17) is 4.74 Å². The zero-order chi connectivity index (χ0) is 33.5. The second kappa shape index (κ2) is 12.2. The van der Waals surface area contributed by atoms with Crippen molar-refractivity contribution in [3.63, 3.8) is 0 Å². The Bertz CT molecular complexity index is 1780. The lowest BCUT2D eigenvalue weighted by molar-refractivity contribution is -0.136. The summed E-state index contributed by atoms with van der Waals surface area (Å²) >= 11 is 0. The van der Waals surface area contributed by atoms with Crippen molar-refractivity contribution in [3.8, 4) is 6.07 Å². The lowest BCUT2D eigenvalue weighted by atomic mass is 9.80. The molecule has 3 heterocycles. The SMILES string of the molecule is CC(C)(C)C[C@@H](C(=O)N1C[C@]2(C[C@H]1C#N)C(=O)Nc1ccccc12)N1C(=O)[C@@H](NC(=O)OCc2ccccc2)Cc2ccc(F)cc21. The van der Waals surface area contributed by atoms with E-state index >= 15 is 0 Å². The number of rotatable bonds is 6. The number of hydrogen-bond donors (Lipinski definition) is 2. The van der Waals surface area contributed by atoms with E-state index in [9.17, 15) is 28.8 Å². The quantitative estimate of drug-likeness (QED) is 0.398. The van der Waals surface area contributed by atoms with E-state index in [0.717, 1.165) is 5.56 Å². The molecule has 47 heavy (non-hydrogen) atoms. The molecule has 0 radical (unpaired) electrons. The Hall–Kier alpha value is -5.24. The first-order chi connectivity index (χ1) is 22.4. The number of nitrogens with one attached hydrogen (secondary N) is 2. The molecule has 3 aliphatic heterocycles. The van der Waals surface area contributed by atoms with Crippen LogP contribution in [0.4, 0.5) is 20.6 Å². The maximum atomic E-state index is 14.8. The van der Waals surface area contributed by atoms with Crippen LogP contribution in [0.5, 0.6) is 0 Å². The van der Waals surface area contributed by atoms with E-state index in [-0.39, 0.29) is 44.0 Å². The summed E-state index contributed by atoms with van der Waals surface area (Å²) in [6.45, 7) is 5.68. The number of likely N-dealkylation sites (tertiary alicyclic amines) is 1. The molecule has 10 nitrogen and oxygen atoms in total. The first-order valence-electron chi connectivity index (χ1n) is 15.6. The molecule has 1 spiro atoms. The normalized spacial score (nSPS) is 22.3. The number of amides is 4. The number of ether oxygens (including phenoxy) is 1. The molecule has 0 aromatic heterocycles. The summed E-state index contributed by atoms with van der Waals surface area (Å²) in [4.78, 5) is 58.0. The molecule has 3 aliphatic rings. The fraction of sp³-hybridized carbons (Fsp3) is 0.361. The monoisotopic (exact) mass is 637 g/mol. The topological polar surface area (TPSA) is 132 Å². The predicted molar refractivity (Wildman–Crippen MR) is 171 cm³/mol. The molecule has 0 saturated carbocycles. The number of carbonyl (C=O) groups is 4. The van der Waals surface area contributed by atoms with E-state index in [1.807, 2.05) is 51.1 Å². The molecule has 2 N–H and O–H groups in total. The number of alkyl carbamates (subject to hydrolysis) is 1. The van der Waals surface area contributed by atoms with Gasteiger partial charge >= 0.3 is 6.09 Å². The largest absolute Gasteiger partial charge is 0.445 e. The smallest absolute Gasteiger partial charge is 0.408 e. The fourth-order valence-corrected chi connectivity index (χ4v) is 6.92. The Balaban J connectivity index is 1.34. The van der Waals surface area contributed by atoms with Gasteiger partial charge in [-0.15, -0.1) is 0 Å². The molecule has 0 bridgehead atoms. The minimum atomic E-state index is -1.17. The number of anilines is 2. The number of hydrogen-bond acceptors (Lipinski definition) is 6. The molecule has 1 fully saturated rings. The van der Waals surface area contributed by atoms with Crippen LogP contribution in [0.25, 0.3) is 0 Å². The van der Waals surface area contributed by atoms with Crippen LogP contribution in [0.2, 0.25) is 0 Å². The summed E-state index contributed by atoms with van der Waals surface area (Å²) in [5, 5.41) is 15.8. The van der Waals surface area contributed by atoms with Gasteiger partial charge in [-0.3, -0.25) is 19.3 Å². The second-order valence-corrected chi connectivity index (χ2v) is 13.6. The number of fused-ring (bicyclic) bond motifs is 3. The summed E-state index contributed by atoms with van der Waals surface area (Å²) < 4.78 is 20.1. The third-order valence-corrected chi connectivity index (χ3v) is 9.09. The van der Waals surface area contributed by atoms with Crippen LogP contribution in [-0.2, 0) is 37.6 Å². The van der Waals surface area contributed by atoms with Crippen LogP contribution in [0, 0.1) is 22.6 Å². The first-order valence-corrected chi connectivity index (χ1v) is 15.6. The van der Waals surface area contributed by atoms with E-state index in [1.54, 1.807) is 24.3 Å². The Labute approximate surface area is 272 Å². The average molecular weight is 638 g/mol. The van der Waals surface area contributed by atoms with Gasteiger partial charge in [0.25, 0.3) is 5.91 Å².